The Morgan fingerprint density at radius 1 is 1.24 bits per heavy atom. The lowest BCUT2D eigenvalue weighted by Gasteiger charge is -2.09. The van der Waals surface area contributed by atoms with Gasteiger partial charge in [0, 0.05) is 29.2 Å². The summed E-state index contributed by atoms with van der Waals surface area (Å²) >= 11 is 7.31. The van der Waals surface area contributed by atoms with E-state index in [-0.39, 0.29) is 28.6 Å². The Kier molecular flexibility index (Phi) is 6.37. The highest BCUT2D eigenvalue weighted by Crippen LogP contribution is 2.30. The SMILES string of the molecule is NC(=O)c1ccccc1NC(=O)CCSc1ccc([N+](=O)[O-])cc1Cl. The number of nitrogens with two attached hydrogens (primary N) is 1. The van der Waals surface area contributed by atoms with Crippen molar-refractivity contribution in [3.63, 3.8) is 0 Å². The van der Waals surface area contributed by atoms with Crippen molar-refractivity contribution in [3.8, 4) is 0 Å². The quantitative estimate of drug-likeness (QED) is 0.434. The van der Waals surface area contributed by atoms with Crippen molar-refractivity contribution in [2.24, 2.45) is 5.73 Å². The van der Waals surface area contributed by atoms with Crippen molar-refractivity contribution in [1.29, 1.82) is 0 Å². The van der Waals surface area contributed by atoms with Crippen LogP contribution >= 0.6 is 23.4 Å². The van der Waals surface area contributed by atoms with E-state index in [9.17, 15) is 19.7 Å². The van der Waals surface area contributed by atoms with Crippen molar-refractivity contribution >= 4 is 46.6 Å². The first-order chi connectivity index (χ1) is 11.9. The number of para-hydroxylation sites is 1. The Morgan fingerprint density at radius 2 is 1.96 bits per heavy atom. The van der Waals surface area contributed by atoms with E-state index < -0.39 is 10.8 Å². The minimum Gasteiger partial charge on any atom is -0.366 e. The molecule has 0 saturated heterocycles. The minimum atomic E-state index is -0.622. The van der Waals surface area contributed by atoms with Crippen molar-refractivity contribution in [3.05, 3.63) is 63.2 Å². The minimum absolute atomic E-state index is 0.0878. The number of anilines is 1. The number of hydrogen-bond donors (Lipinski definition) is 2. The number of carbonyl (C=O) groups excluding carboxylic acids is 2. The molecule has 130 valence electrons. The Bertz CT molecular complexity index is 829. The Hall–Kier alpha value is -2.58. The second-order valence-electron chi connectivity index (χ2n) is 4.93. The van der Waals surface area contributed by atoms with Crippen LogP contribution in [0, 0.1) is 10.1 Å². The highest BCUT2D eigenvalue weighted by molar-refractivity contribution is 7.99. The van der Waals surface area contributed by atoms with Gasteiger partial charge in [-0.15, -0.1) is 11.8 Å². The highest BCUT2D eigenvalue weighted by atomic mass is 35.5. The second kappa shape index (κ2) is 8.50. The highest BCUT2D eigenvalue weighted by Gasteiger charge is 2.12. The van der Waals surface area contributed by atoms with Gasteiger partial charge in [0.05, 0.1) is 21.2 Å². The molecule has 0 spiro atoms. The van der Waals surface area contributed by atoms with E-state index in [1.165, 1.54) is 30.0 Å². The van der Waals surface area contributed by atoms with E-state index in [1.54, 1.807) is 24.3 Å². The molecule has 2 aromatic rings. The molecule has 0 aliphatic carbocycles. The Morgan fingerprint density at radius 3 is 2.60 bits per heavy atom. The normalized spacial score (nSPS) is 10.3. The lowest BCUT2D eigenvalue weighted by molar-refractivity contribution is -0.384. The summed E-state index contributed by atoms with van der Waals surface area (Å²) in [6, 6.07) is 10.6. The van der Waals surface area contributed by atoms with Gasteiger partial charge in [0.25, 0.3) is 11.6 Å². The van der Waals surface area contributed by atoms with Crippen LogP contribution in [0.4, 0.5) is 11.4 Å². The number of benzene rings is 2. The van der Waals surface area contributed by atoms with Crippen molar-refractivity contribution in [2.45, 2.75) is 11.3 Å². The third-order valence-corrected chi connectivity index (χ3v) is 4.68. The van der Waals surface area contributed by atoms with Gasteiger partial charge >= 0.3 is 0 Å². The van der Waals surface area contributed by atoms with Gasteiger partial charge in [0.15, 0.2) is 0 Å². The van der Waals surface area contributed by atoms with Crippen LogP contribution in [0.1, 0.15) is 16.8 Å². The number of thioether (sulfide) groups is 1. The molecule has 0 saturated carbocycles. The predicted molar refractivity (Wildman–Crippen MR) is 97.0 cm³/mol. The van der Waals surface area contributed by atoms with Gasteiger partial charge in [-0.3, -0.25) is 19.7 Å². The summed E-state index contributed by atoms with van der Waals surface area (Å²) < 4.78 is 0. The first kappa shape index (κ1) is 18.8. The fourth-order valence-corrected chi connectivity index (χ4v) is 3.20. The molecule has 3 N–H and O–H groups in total. The molecule has 0 heterocycles. The van der Waals surface area contributed by atoms with E-state index >= 15 is 0 Å². The topological polar surface area (TPSA) is 115 Å². The molecule has 2 amide bonds. The van der Waals surface area contributed by atoms with Crippen molar-refractivity contribution in [1.82, 2.24) is 0 Å². The molecule has 25 heavy (non-hydrogen) atoms. The number of hydrogen-bond acceptors (Lipinski definition) is 5. The summed E-state index contributed by atoms with van der Waals surface area (Å²) in [5.41, 5.74) is 5.77. The summed E-state index contributed by atoms with van der Waals surface area (Å²) in [5.74, 6) is -0.482. The fourth-order valence-electron chi connectivity index (χ4n) is 1.99. The first-order valence-corrected chi connectivity index (χ1v) is 8.50. The summed E-state index contributed by atoms with van der Waals surface area (Å²) in [6.45, 7) is 0. The lowest BCUT2D eigenvalue weighted by Crippen LogP contribution is -2.18. The van der Waals surface area contributed by atoms with Crippen LogP contribution < -0.4 is 11.1 Å². The Balaban J connectivity index is 1.91. The summed E-state index contributed by atoms with van der Waals surface area (Å²) in [6.07, 6.45) is 0.172. The number of non-ortho nitro benzene ring substituents is 1. The summed E-state index contributed by atoms with van der Waals surface area (Å²) in [4.78, 5) is 34.1. The zero-order valence-electron chi connectivity index (χ0n) is 12.9. The standard InChI is InChI=1S/C16H14ClN3O4S/c17-12-9-10(20(23)24)5-6-14(12)25-8-7-15(21)19-13-4-2-1-3-11(13)16(18)22/h1-6,9H,7-8H2,(H2,18,22)(H,19,21). The van der Waals surface area contributed by atoms with E-state index in [1.807, 2.05) is 0 Å². The molecule has 0 radical (unpaired) electrons. The monoisotopic (exact) mass is 379 g/mol. The average Bonchev–Trinajstić information content (AvgIpc) is 2.56. The molecular weight excluding hydrogens is 366 g/mol. The zero-order valence-corrected chi connectivity index (χ0v) is 14.5. The van der Waals surface area contributed by atoms with Gasteiger partial charge in [-0.05, 0) is 18.2 Å². The molecule has 2 aromatic carbocycles. The maximum Gasteiger partial charge on any atom is 0.270 e. The number of primary amides is 1. The smallest absolute Gasteiger partial charge is 0.270 e. The van der Waals surface area contributed by atoms with Gasteiger partial charge < -0.3 is 11.1 Å². The number of carbonyl (C=O) groups is 2. The molecule has 7 nitrogen and oxygen atoms in total. The molecule has 0 aliphatic heterocycles. The number of nitrogens with zero attached hydrogens (tertiary/aromatic N) is 1. The number of nitro groups is 1. The van der Waals surface area contributed by atoms with E-state index in [2.05, 4.69) is 5.32 Å². The molecule has 0 unspecified atom stereocenters. The van der Waals surface area contributed by atoms with Crippen molar-refractivity contribution < 1.29 is 14.5 Å². The van der Waals surface area contributed by atoms with E-state index in [0.29, 0.717) is 16.3 Å². The molecular formula is C16H14ClN3O4S. The zero-order chi connectivity index (χ0) is 18.4. The average molecular weight is 380 g/mol. The van der Waals surface area contributed by atoms with Crippen LogP contribution in [0.25, 0.3) is 0 Å². The molecule has 0 bridgehead atoms. The first-order valence-electron chi connectivity index (χ1n) is 7.14. The van der Waals surface area contributed by atoms with Gasteiger partial charge in [-0.2, -0.15) is 0 Å². The van der Waals surface area contributed by atoms with Gasteiger partial charge in [-0.1, -0.05) is 23.7 Å². The lowest BCUT2D eigenvalue weighted by atomic mass is 10.1. The molecule has 0 atom stereocenters. The van der Waals surface area contributed by atoms with Crippen molar-refractivity contribution in [2.75, 3.05) is 11.1 Å². The number of halogens is 1. The fraction of sp³-hybridized carbons (Fsp3) is 0.125. The Labute approximate surface area is 152 Å². The molecule has 0 aromatic heterocycles. The maximum atomic E-state index is 12.0. The van der Waals surface area contributed by atoms with Gasteiger partial charge in [0.1, 0.15) is 0 Å². The third kappa shape index (κ3) is 5.20. The predicted octanol–water partition coefficient (Wildman–Crippen LogP) is 3.47. The molecule has 2 rings (SSSR count). The third-order valence-electron chi connectivity index (χ3n) is 3.18. The van der Waals surface area contributed by atoms with Crippen LogP contribution in [-0.2, 0) is 4.79 Å². The number of nitro benzene ring substituents is 1. The maximum absolute atomic E-state index is 12.0. The van der Waals surface area contributed by atoms with Crippen LogP contribution in [0.5, 0.6) is 0 Å². The summed E-state index contributed by atoms with van der Waals surface area (Å²) in [7, 11) is 0. The van der Waals surface area contributed by atoms with Gasteiger partial charge in [0.2, 0.25) is 5.91 Å². The van der Waals surface area contributed by atoms with E-state index in [4.69, 9.17) is 17.3 Å². The summed E-state index contributed by atoms with van der Waals surface area (Å²) in [5, 5.41) is 13.6. The van der Waals surface area contributed by atoms with Crippen LogP contribution in [-0.4, -0.2) is 22.5 Å². The van der Waals surface area contributed by atoms with Crippen LogP contribution in [0.15, 0.2) is 47.4 Å². The largest absolute Gasteiger partial charge is 0.366 e. The number of rotatable bonds is 7. The molecule has 0 aliphatic rings. The van der Waals surface area contributed by atoms with E-state index in [0.717, 1.165) is 0 Å². The van der Waals surface area contributed by atoms with Gasteiger partial charge in [-0.25, -0.2) is 0 Å². The molecule has 0 fully saturated rings. The second-order valence-corrected chi connectivity index (χ2v) is 6.47. The number of nitrogens with one attached hydrogen (secondary N) is 1. The number of amides is 2. The van der Waals surface area contributed by atoms with Crippen LogP contribution in [0.3, 0.4) is 0 Å². The molecule has 9 heteroatoms. The van der Waals surface area contributed by atoms with Crippen LogP contribution in [0.2, 0.25) is 5.02 Å².